The van der Waals surface area contributed by atoms with E-state index in [4.69, 9.17) is 9.72 Å². The van der Waals surface area contributed by atoms with Gasteiger partial charge in [-0.1, -0.05) is 6.07 Å². The average molecular weight is 361 g/mol. The summed E-state index contributed by atoms with van der Waals surface area (Å²) < 4.78 is 12.0. The number of ether oxygens (including phenoxy) is 2. The van der Waals surface area contributed by atoms with Crippen molar-refractivity contribution in [2.75, 3.05) is 19.5 Å². The number of nitrogens with zero attached hydrogens (tertiary/aromatic N) is 2. The first-order chi connectivity index (χ1) is 13.1. The highest BCUT2D eigenvalue weighted by Crippen LogP contribution is 2.30. The molecule has 0 atom stereocenters. The summed E-state index contributed by atoms with van der Waals surface area (Å²) in [5.74, 6) is 0.809. The molecule has 0 aliphatic rings. The number of carbonyl (C=O) groups is 1. The summed E-state index contributed by atoms with van der Waals surface area (Å²) in [4.78, 5) is 16.4. The minimum atomic E-state index is -0.500. The number of carbonyl (C=O) groups excluding carboxylic acids is 1. The molecule has 0 aliphatic carbocycles. The van der Waals surface area contributed by atoms with Crippen molar-refractivity contribution in [2.24, 2.45) is 0 Å². The van der Waals surface area contributed by atoms with Gasteiger partial charge < -0.3 is 13.9 Å². The zero-order chi connectivity index (χ0) is 19.0. The van der Waals surface area contributed by atoms with Gasteiger partial charge >= 0.3 is 6.09 Å². The fourth-order valence-electron chi connectivity index (χ4n) is 3.21. The standard InChI is InChI=1S/C21H19N3O3/c1-13-19(15-5-8-17(26-2)9-6-15)23-20-18-12-16(22-21(25)27-3)7-4-14(18)10-11-24(13)20/h4-12H,1-3H3,(H,22,25). The van der Waals surface area contributed by atoms with Crippen molar-refractivity contribution < 1.29 is 14.3 Å². The fraction of sp³-hybridized carbons (Fsp3) is 0.143. The highest BCUT2D eigenvalue weighted by molar-refractivity contribution is 5.99. The molecule has 0 spiro atoms. The third-order valence-corrected chi connectivity index (χ3v) is 4.64. The van der Waals surface area contributed by atoms with E-state index in [0.717, 1.165) is 39.1 Å². The number of anilines is 1. The maximum absolute atomic E-state index is 11.5. The molecule has 4 rings (SSSR count). The van der Waals surface area contributed by atoms with Gasteiger partial charge in [0, 0.05) is 28.5 Å². The van der Waals surface area contributed by atoms with Gasteiger partial charge in [-0.15, -0.1) is 0 Å². The van der Waals surface area contributed by atoms with E-state index >= 15 is 0 Å². The number of fused-ring (bicyclic) bond motifs is 3. The SMILES string of the molecule is COC(=O)Nc1ccc2ccn3c(C)c(-c4ccc(OC)cc4)nc3c2c1. The van der Waals surface area contributed by atoms with Crippen LogP contribution >= 0.6 is 0 Å². The quantitative estimate of drug-likeness (QED) is 0.577. The van der Waals surface area contributed by atoms with Crippen LogP contribution in [0.25, 0.3) is 27.7 Å². The third kappa shape index (κ3) is 2.95. The Labute approximate surface area is 156 Å². The van der Waals surface area contributed by atoms with E-state index < -0.39 is 6.09 Å². The van der Waals surface area contributed by atoms with E-state index in [-0.39, 0.29) is 0 Å². The smallest absolute Gasteiger partial charge is 0.411 e. The van der Waals surface area contributed by atoms with Crippen LogP contribution in [0.1, 0.15) is 5.69 Å². The molecule has 0 saturated carbocycles. The second kappa shape index (κ2) is 6.64. The topological polar surface area (TPSA) is 64.9 Å². The van der Waals surface area contributed by atoms with Gasteiger partial charge in [-0.3, -0.25) is 5.32 Å². The van der Waals surface area contributed by atoms with Crippen LogP contribution in [0, 0.1) is 6.92 Å². The number of rotatable bonds is 3. The zero-order valence-electron chi connectivity index (χ0n) is 15.3. The van der Waals surface area contributed by atoms with Crippen LogP contribution in [0.15, 0.2) is 54.7 Å². The van der Waals surface area contributed by atoms with Crippen molar-refractivity contribution >= 4 is 28.2 Å². The van der Waals surface area contributed by atoms with Gasteiger partial charge in [-0.2, -0.15) is 0 Å². The lowest BCUT2D eigenvalue weighted by atomic mass is 10.1. The van der Waals surface area contributed by atoms with Crippen molar-refractivity contribution in [2.45, 2.75) is 6.92 Å². The molecule has 2 heterocycles. The molecular weight excluding hydrogens is 342 g/mol. The van der Waals surface area contributed by atoms with Crippen molar-refractivity contribution in [3.63, 3.8) is 0 Å². The first-order valence-electron chi connectivity index (χ1n) is 8.51. The highest BCUT2D eigenvalue weighted by atomic mass is 16.5. The maximum Gasteiger partial charge on any atom is 0.411 e. The minimum absolute atomic E-state index is 0.500. The van der Waals surface area contributed by atoms with Crippen LogP contribution in [0.4, 0.5) is 10.5 Å². The molecule has 27 heavy (non-hydrogen) atoms. The number of hydrogen-bond acceptors (Lipinski definition) is 4. The number of aromatic nitrogens is 2. The van der Waals surface area contributed by atoms with E-state index in [1.807, 2.05) is 61.7 Å². The number of amides is 1. The molecule has 0 aliphatic heterocycles. The largest absolute Gasteiger partial charge is 0.497 e. The predicted octanol–water partition coefficient (Wildman–Crippen LogP) is 4.65. The Morgan fingerprint density at radius 2 is 1.85 bits per heavy atom. The fourth-order valence-corrected chi connectivity index (χ4v) is 3.21. The molecule has 4 aromatic rings. The Hall–Kier alpha value is -3.54. The average Bonchev–Trinajstić information content (AvgIpc) is 3.05. The molecule has 2 aromatic carbocycles. The van der Waals surface area contributed by atoms with Gasteiger partial charge in [0.05, 0.1) is 19.9 Å². The Kier molecular flexibility index (Phi) is 4.16. The summed E-state index contributed by atoms with van der Waals surface area (Å²) in [6.07, 6.45) is 1.51. The lowest BCUT2D eigenvalue weighted by Crippen LogP contribution is -2.10. The first kappa shape index (κ1) is 16.9. The molecule has 6 nitrogen and oxygen atoms in total. The van der Waals surface area contributed by atoms with Crippen molar-refractivity contribution in [1.29, 1.82) is 0 Å². The lowest BCUT2D eigenvalue weighted by Gasteiger charge is -2.06. The van der Waals surface area contributed by atoms with E-state index in [0.29, 0.717) is 5.69 Å². The van der Waals surface area contributed by atoms with E-state index in [2.05, 4.69) is 14.5 Å². The lowest BCUT2D eigenvalue weighted by molar-refractivity contribution is 0.187. The van der Waals surface area contributed by atoms with E-state index in [1.165, 1.54) is 7.11 Å². The van der Waals surface area contributed by atoms with Crippen molar-refractivity contribution in [1.82, 2.24) is 9.38 Å². The number of pyridine rings is 1. The first-order valence-corrected chi connectivity index (χ1v) is 8.51. The summed E-state index contributed by atoms with van der Waals surface area (Å²) in [5, 5.41) is 4.70. The van der Waals surface area contributed by atoms with Crippen LogP contribution in [0.5, 0.6) is 5.75 Å². The molecule has 0 saturated heterocycles. The molecule has 0 fully saturated rings. The van der Waals surface area contributed by atoms with Crippen LogP contribution in [-0.4, -0.2) is 29.7 Å². The molecule has 6 heteroatoms. The van der Waals surface area contributed by atoms with Crippen LogP contribution in [0.3, 0.4) is 0 Å². The second-order valence-corrected chi connectivity index (χ2v) is 6.20. The van der Waals surface area contributed by atoms with Gasteiger partial charge in [0.15, 0.2) is 0 Å². The maximum atomic E-state index is 11.5. The normalized spacial score (nSPS) is 10.9. The monoisotopic (exact) mass is 361 g/mol. The number of benzene rings is 2. The number of methoxy groups -OCH3 is 2. The van der Waals surface area contributed by atoms with Gasteiger partial charge in [-0.05, 0) is 54.8 Å². The zero-order valence-corrected chi connectivity index (χ0v) is 15.3. The number of hydrogen-bond donors (Lipinski definition) is 1. The number of imidazole rings is 1. The molecular formula is C21H19N3O3. The number of aryl methyl sites for hydroxylation is 1. The summed E-state index contributed by atoms with van der Waals surface area (Å²) in [5.41, 5.74) is 4.48. The predicted molar refractivity (Wildman–Crippen MR) is 105 cm³/mol. The van der Waals surface area contributed by atoms with Gasteiger partial charge in [0.2, 0.25) is 0 Å². The Bertz CT molecular complexity index is 1150. The molecule has 1 amide bonds. The molecule has 0 radical (unpaired) electrons. The summed E-state index contributed by atoms with van der Waals surface area (Å²) in [6, 6.07) is 15.6. The van der Waals surface area contributed by atoms with E-state index in [9.17, 15) is 4.79 Å². The van der Waals surface area contributed by atoms with Gasteiger partial charge in [0.25, 0.3) is 0 Å². The third-order valence-electron chi connectivity index (χ3n) is 4.64. The van der Waals surface area contributed by atoms with E-state index in [1.54, 1.807) is 7.11 Å². The molecule has 0 bridgehead atoms. The molecule has 2 aromatic heterocycles. The van der Waals surface area contributed by atoms with Gasteiger partial charge in [0.1, 0.15) is 11.4 Å². The molecule has 0 unspecified atom stereocenters. The Morgan fingerprint density at radius 1 is 1.07 bits per heavy atom. The summed E-state index contributed by atoms with van der Waals surface area (Å²) in [7, 11) is 2.99. The Morgan fingerprint density at radius 3 is 2.56 bits per heavy atom. The summed E-state index contributed by atoms with van der Waals surface area (Å²) >= 11 is 0. The molecule has 1 N–H and O–H groups in total. The highest BCUT2D eigenvalue weighted by Gasteiger charge is 2.13. The minimum Gasteiger partial charge on any atom is -0.497 e. The second-order valence-electron chi connectivity index (χ2n) is 6.20. The van der Waals surface area contributed by atoms with Crippen molar-refractivity contribution in [3.05, 3.63) is 60.4 Å². The van der Waals surface area contributed by atoms with Crippen LogP contribution in [0.2, 0.25) is 0 Å². The van der Waals surface area contributed by atoms with Gasteiger partial charge in [-0.25, -0.2) is 9.78 Å². The van der Waals surface area contributed by atoms with Crippen molar-refractivity contribution in [3.8, 4) is 17.0 Å². The van der Waals surface area contributed by atoms with Crippen LogP contribution in [-0.2, 0) is 4.74 Å². The summed E-state index contributed by atoms with van der Waals surface area (Å²) in [6.45, 7) is 2.04. The Balaban J connectivity index is 1.87. The van der Waals surface area contributed by atoms with Crippen LogP contribution < -0.4 is 10.1 Å². The molecule has 136 valence electrons. The number of nitrogens with one attached hydrogen (secondary N) is 1.